The molecule has 1 saturated carbocycles. The summed E-state index contributed by atoms with van der Waals surface area (Å²) in [4.78, 5) is 15.3. The Kier molecular flexibility index (Phi) is 3.43. The van der Waals surface area contributed by atoms with Crippen molar-refractivity contribution in [1.29, 1.82) is 0 Å². The van der Waals surface area contributed by atoms with Gasteiger partial charge in [-0.2, -0.15) is 0 Å². The van der Waals surface area contributed by atoms with Crippen molar-refractivity contribution in [1.82, 2.24) is 9.55 Å². The van der Waals surface area contributed by atoms with Crippen LogP contribution in [-0.4, -0.2) is 26.4 Å². The summed E-state index contributed by atoms with van der Waals surface area (Å²) in [6, 6.07) is 4.52. The fraction of sp³-hybridized carbons (Fsp3) is 0.467. The smallest absolute Gasteiger partial charge is 0.313 e. The average Bonchev–Trinajstić information content (AvgIpc) is 3.18. The first-order valence-corrected chi connectivity index (χ1v) is 7.91. The first-order valence-electron chi connectivity index (χ1n) is 6.92. The molecule has 6 heteroatoms. The summed E-state index contributed by atoms with van der Waals surface area (Å²) in [5.74, 6) is -0.701. The largest absolute Gasteiger partial charge is 0.481 e. The normalized spacial score (nSPS) is 15.6. The summed E-state index contributed by atoms with van der Waals surface area (Å²) in [5.41, 5.74) is 1.25. The molecule has 1 aliphatic carbocycles. The van der Waals surface area contributed by atoms with Crippen LogP contribution in [0.2, 0.25) is 0 Å². The van der Waals surface area contributed by atoms with Crippen molar-refractivity contribution < 1.29 is 14.3 Å². The number of aliphatic carboxylic acids is 1. The second-order valence-corrected chi connectivity index (χ2v) is 6.92. The Bertz CT molecular complexity index is 707. The zero-order valence-corrected chi connectivity index (χ0v) is 12.8. The number of thioether (sulfide) groups is 1. The second kappa shape index (κ2) is 5.02. The lowest BCUT2D eigenvalue weighted by Gasteiger charge is -2.29. The minimum Gasteiger partial charge on any atom is -0.481 e. The van der Waals surface area contributed by atoms with Gasteiger partial charge in [-0.25, -0.2) is 9.37 Å². The molecule has 2 aromatic rings. The van der Waals surface area contributed by atoms with Gasteiger partial charge >= 0.3 is 5.97 Å². The molecule has 1 fully saturated rings. The molecule has 0 unspecified atom stereocenters. The van der Waals surface area contributed by atoms with Gasteiger partial charge in [0, 0.05) is 5.54 Å². The number of carboxylic acid groups (broad SMARTS) is 1. The average molecular weight is 308 g/mol. The third kappa shape index (κ3) is 2.64. The molecule has 0 spiro atoms. The molecular formula is C15H17FN2O2S. The molecule has 1 aliphatic rings. The standard InChI is InChI=1S/C15H17FN2O2S/c1-15(2,9-3-4-9)18-12-7-10(16)5-6-11(12)17-14(18)21-8-13(19)20/h5-7,9H,3-4,8H2,1-2H3,(H,19,20). The quantitative estimate of drug-likeness (QED) is 0.859. The molecule has 1 aromatic carbocycles. The molecule has 1 heterocycles. The van der Waals surface area contributed by atoms with Crippen LogP contribution in [0, 0.1) is 11.7 Å². The third-order valence-corrected chi connectivity index (χ3v) is 4.99. The molecule has 0 aliphatic heterocycles. The predicted octanol–water partition coefficient (Wildman–Crippen LogP) is 3.50. The summed E-state index contributed by atoms with van der Waals surface area (Å²) in [7, 11) is 0. The van der Waals surface area contributed by atoms with E-state index in [1.807, 2.05) is 4.57 Å². The molecule has 4 nitrogen and oxygen atoms in total. The second-order valence-electron chi connectivity index (χ2n) is 5.97. The highest BCUT2D eigenvalue weighted by molar-refractivity contribution is 7.99. The number of carbonyl (C=O) groups is 1. The van der Waals surface area contributed by atoms with Crippen LogP contribution in [-0.2, 0) is 10.3 Å². The van der Waals surface area contributed by atoms with Crippen LogP contribution in [0.3, 0.4) is 0 Å². The number of nitrogens with zero attached hydrogens (tertiary/aromatic N) is 2. The van der Waals surface area contributed by atoms with E-state index in [1.54, 1.807) is 6.07 Å². The Morgan fingerprint density at radius 3 is 2.86 bits per heavy atom. The number of fused-ring (bicyclic) bond motifs is 1. The van der Waals surface area contributed by atoms with Crippen molar-refractivity contribution >= 4 is 28.8 Å². The van der Waals surface area contributed by atoms with Gasteiger partial charge in [-0.3, -0.25) is 4.79 Å². The summed E-state index contributed by atoms with van der Waals surface area (Å²) >= 11 is 1.19. The van der Waals surface area contributed by atoms with Crippen LogP contribution in [0.1, 0.15) is 26.7 Å². The molecular weight excluding hydrogens is 291 g/mol. The van der Waals surface area contributed by atoms with Crippen molar-refractivity contribution in [2.75, 3.05) is 5.75 Å². The van der Waals surface area contributed by atoms with Gasteiger partial charge < -0.3 is 9.67 Å². The van der Waals surface area contributed by atoms with E-state index in [-0.39, 0.29) is 17.1 Å². The predicted molar refractivity (Wildman–Crippen MR) is 80.1 cm³/mol. The Labute approximate surface area is 126 Å². The fourth-order valence-corrected chi connectivity index (χ4v) is 3.66. The van der Waals surface area contributed by atoms with Crippen molar-refractivity contribution in [3.8, 4) is 0 Å². The van der Waals surface area contributed by atoms with Gasteiger partial charge in [0.2, 0.25) is 0 Å². The van der Waals surface area contributed by atoms with Gasteiger partial charge in [0.25, 0.3) is 0 Å². The van der Waals surface area contributed by atoms with Crippen LogP contribution in [0.15, 0.2) is 23.4 Å². The topological polar surface area (TPSA) is 55.1 Å². The minimum atomic E-state index is -0.881. The summed E-state index contributed by atoms with van der Waals surface area (Å²) < 4.78 is 15.6. The number of hydrogen-bond donors (Lipinski definition) is 1. The first kappa shape index (κ1) is 14.4. The lowest BCUT2D eigenvalue weighted by atomic mass is 9.98. The van der Waals surface area contributed by atoms with E-state index in [2.05, 4.69) is 18.8 Å². The van der Waals surface area contributed by atoms with Crippen molar-refractivity contribution in [2.24, 2.45) is 5.92 Å². The van der Waals surface area contributed by atoms with Gasteiger partial charge in [0.15, 0.2) is 5.16 Å². The van der Waals surface area contributed by atoms with E-state index < -0.39 is 5.97 Å². The monoisotopic (exact) mass is 308 g/mol. The molecule has 0 bridgehead atoms. The van der Waals surface area contributed by atoms with Crippen LogP contribution in [0.4, 0.5) is 4.39 Å². The maximum atomic E-state index is 13.6. The molecule has 21 heavy (non-hydrogen) atoms. The van der Waals surface area contributed by atoms with Crippen LogP contribution in [0.25, 0.3) is 11.0 Å². The zero-order chi connectivity index (χ0) is 15.2. The number of rotatable bonds is 5. The van der Waals surface area contributed by atoms with Crippen LogP contribution >= 0.6 is 11.8 Å². The first-order chi connectivity index (χ1) is 9.89. The summed E-state index contributed by atoms with van der Waals surface area (Å²) in [6.07, 6.45) is 2.29. The number of benzene rings is 1. The van der Waals surface area contributed by atoms with Gasteiger partial charge in [-0.05, 0) is 50.8 Å². The van der Waals surface area contributed by atoms with Gasteiger partial charge in [0.05, 0.1) is 16.8 Å². The van der Waals surface area contributed by atoms with Crippen molar-refractivity contribution in [3.63, 3.8) is 0 Å². The van der Waals surface area contributed by atoms with Crippen LogP contribution < -0.4 is 0 Å². The Hall–Kier alpha value is -1.56. The van der Waals surface area contributed by atoms with E-state index in [0.717, 1.165) is 18.4 Å². The maximum absolute atomic E-state index is 13.6. The van der Waals surface area contributed by atoms with Gasteiger partial charge in [-0.1, -0.05) is 11.8 Å². The number of halogens is 1. The lowest BCUT2D eigenvalue weighted by Crippen LogP contribution is -2.29. The van der Waals surface area contributed by atoms with Crippen molar-refractivity contribution in [2.45, 2.75) is 37.4 Å². The highest BCUT2D eigenvalue weighted by Crippen LogP contribution is 2.46. The molecule has 1 N–H and O–H groups in total. The summed E-state index contributed by atoms with van der Waals surface area (Å²) in [6.45, 7) is 4.23. The number of aromatic nitrogens is 2. The number of carboxylic acids is 1. The summed E-state index contributed by atoms with van der Waals surface area (Å²) in [5, 5.41) is 9.54. The van der Waals surface area contributed by atoms with Gasteiger partial charge in [0.1, 0.15) is 5.82 Å². The number of hydrogen-bond acceptors (Lipinski definition) is 3. The molecule has 0 saturated heterocycles. The molecule has 3 rings (SSSR count). The van der Waals surface area contributed by atoms with E-state index in [4.69, 9.17) is 5.11 Å². The minimum absolute atomic E-state index is 0.0491. The third-order valence-electron chi connectivity index (χ3n) is 4.06. The molecule has 0 atom stereocenters. The van der Waals surface area contributed by atoms with Gasteiger partial charge in [-0.15, -0.1) is 0 Å². The van der Waals surface area contributed by atoms with E-state index in [9.17, 15) is 9.18 Å². The van der Waals surface area contributed by atoms with E-state index >= 15 is 0 Å². The Morgan fingerprint density at radius 1 is 1.52 bits per heavy atom. The molecule has 112 valence electrons. The lowest BCUT2D eigenvalue weighted by molar-refractivity contribution is -0.133. The Balaban J connectivity index is 2.13. The highest BCUT2D eigenvalue weighted by Gasteiger charge is 2.41. The van der Waals surface area contributed by atoms with Crippen molar-refractivity contribution in [3.05, 3.63) is 24.0 Å². The highest BCUT2D eigenvalue weighted by atomic mass is 32.2. The van der Waals surface area contributed by atoms with E-state index in [0.29, 0.717) is 16.6 Å². The SMILES string of the molecule is CC(C)(C1CC1)n1c(SCC(=O)O)nc2ccc(F)cc21. The van der Waals surface area contributed by atoms with Crippen LogP contribution in [0.5, 0.6) is 0 Å². The Morgan fingerprint density at radius 2 is 2.24 bits per heavy atom. The maximum Gasteiger partial charge on any atom is 0.313 e. The molecule has 0 radical (unpaired) electrons. The molecule has 0 amide bonds. The number of imidazole rings is 1. The zero-order valence-electron chi connectivity index (χ0n) is 12.0. The fourth-order valence-electron chi connectivity index (χ4n) is 2.78. The molecule has 1 aromatic heterocycles. The van der Waals surface area contributed by atoms with E-state index in [1.165, 1.54) is 23.9 Å².